The monoisotopic (exact) mass is 366 g/mol. The van der Waals surface area contributed by atoms with Crippen molar-refractivity contribution in [3.8, 4) is 5.75 Å². The highest BCUT2D eigenvalue weighted by molar-refractivity contribution is 6.30. The Hall–Kier alpha value is -2.85. The molecule has 1 aromatic heterocycles. The minimum absolute atomic E-state index is 0.152. The van der Waals surface area contributed by atoms with Gasteiger partial charge in [0.1, 0.15) is 10.9 Å². The first-order valence-electron chi connectivity index (χ1n) is 8.37. The molecule has 0 fully saturated rings. The summed E-state index contributed by atoms with van der Waals surface area (Å²) in [6.07, 6.45) is 2.60. The van der Waals surface area contributed by atoms with E-state index >= 15 is 0 Å². The predicted molar refractivity (Wildman–Crippen MR) is 104 cm³/mol. The number of anilines is 1. The van der Waals surface area contributed by atoms with Crippen LogP contribution in [0.2, 0.25) is 5.15 Å². The maximum absolute atomic E-state index is 12.2. The maximum Gasteiger partial charge on any atom is 0.228 e. The van der Waals surface area contributed by atoms with Crippen LogP contribution in [0.15, 0.2) is 72.9 Å². The number of hydrogen-bond donors (Lipinski definition) is 1. The third kappa shape index (κ3) is 5.33. The van der Waals surface area contributed by atoms with Crippen molar-refractivity contribution in [1.29, 1.82) is 0 Å². The van der Waals surface area contributed by atoms with Crippen LogP contribution in [0.25, 0.3) is 0 Å². The van der Waals surface area contributed by atoms with Gasteiger partial charge in [-0.1, -0.05) is 54.1 Å². The number of benzene rings is 2. The molecule has 0 saturated carbocycles. The number of pyridine rings is 1. The summed E-state index contributed by atoms with van der Waals surface area (Å²) in [6, 6.07) is 21.1. The topological polar surface area (TPSA) is 51.2 Å². The fourth-order valence-corrected chi connectivity index (χ4v) is 2.71. The van der Waals surface area contributed by atoms with Gasteiger partial charge >= 0.3 is 0 Å². The second kappa shape index (κ2) is 9.02. The second-order valence-electron chi connectivity index (χ2n) is 5.79. The quantitative estimate of drug-likeness (QED) is 0.624. The molecule has 3 rings (SSSR count). The summed E-state index contributed by atoms with van der Waals surface area (Å²) in [7, 11) is 0. The van der Waals surface area contributed by atoms with Gasteiger partial charge in [-0.15, -0.1) is 0 Å². The number of halogens is 1. The first-order chi connectivity index (χ1) is 12.7. The van der Waals surface area contributed by atoms with Gasteiger partial charge in [0.15, 0.2) is 0 Å². The zero-order valence-corrected chi connectivity index (χ0v) is 14.9. The molecule has 2 aromatic carbocycles. The van der Waals surface area contributed by atoms with Crippen LogP contribution >= 0.6 is 11.6 Å². The molecule has 0 aliphatic rings. The van der Waals surface area contributed by atoms with Gasteiger partial charge in [0.05, 0.1) is 13.0 Å². The Morgan fingerprint density at radius 2 is 1.88 bits per heavy atom. The first kappa shape index (κ1) is 18.0. The first-order valence-corrected chi connectivity index (χ1v) is 8.74. The van der Waals surface area contributed by atoms with E-state index in [-0.39, 0.29) is 12.3 Å². The van der Waals surface area contributed by atoms with E-state index in [1.807, 2.05) is 42.5 Å². The molecule has 0 atom stereocenters. The maximum atomic E-state index is 12.2. The number of carbonyl (C=O) groups is 1. The van der Waals surface area contributed by atoms with E-state index in [1.165, 1.54) is 5.56 Å². The summed E-state index contributed by atoms with van der Waals surface area (Å²) < 4.78 is 5.79. The minimum Gasteiger partial charge on any atom is -0.493 e. The molecule has 1 heterocycles. The highest BCUT2D eigenvalue weighted by atomic mass is 35.5. The van der Waals surface area contributed by atoms with Crippen LogP contribution in [0.4, 0.5) is 5.69 Å². The van der Waals surface area contributed by atoms with Gasteiger partial charge in [-0.2, -0.15) is 0 Å². The van der Waals surface area contributed by atoms with Crippen molar-refractivity contribution in [2.45, 2.75) is 12.8 Å². The Morgan fingerprint density at radius 1 is 1.04 bits per heavy atom. The number of nitrogens with zero attached hydrogens (tertiary/aromatic N) is 1. The number of carbonyl (C=O) groups excluding carboxylic acids is 1. The van der Waals surface area contributed by atoms with Crippen molar-refractivity contribution < 1.29 is 9.53 Å². The Bertz CT molecular complexity index is 869. The molecule has 5 heteroatoms. The van der Waals surface area contributed by atoms with Gasteiger partial charge in [0.2, 0.25) is 5.91 Å². The normalized spacial score (nSPS) is 10.3. The van der Waals surface area contributed by atoms with E-state index in [0.29, 0.717) is 23.0 Å². The Balaban J connectivity index is 1.53. The molecule has 0 aliphatic carbocycles. The predicted octanol–water partition coefficient (Wildman–Crippen LogP) is 4.54. The average Bonchev–Trinajstić information content (AvgIpc) is 2.65. The van der Waals surface area contributed by atoms with E-state index in [0.717, 1.165) is 12.2 Å². The van der Waals surface area contributed by atoms with Gasteiger partial charge in [-0.3, -0.25) is 4.79 Å². The third-order valence-corrected chi connectivity index (χ3v) is 4.15. The van der Waals surface area contributed by atoms with Crippen LogP contribution in [0.1, 0.15) is 11.1 Å². The van der Waals surface area contributed by atoms with Crippen molar-refractivity contribution in [2.24, 2.45) is 0 Å². The van der Waals surface area contributed by atoms with Crippen LogP contribution in [0.3, 0.4) is 0 Å². The summed E-state index contributed by atoms with van der Waals surface area (Å²) >= 11 is 5.99. The lowest BCUT2D eigenvalue weighted by molar-refractivity contribution is -0.115. The fourth-order valence-electron chi connectivity index (χ4n) is 2.52. The summed E-state index contributed by atoms with van der Waals surface area (Å²) in [6.45, 7) is 0.576. The molecule has 3 aromatic rings. The molecule has 1 N–H and O–H groups in total. The minimum atomic E-state index is -0.152. The molecule has 0 bridgehead atoms. The van der Waals surface area contributed by atoms with Gasteiger partial charge in [-0.25, -0.2) is 4.98 Å². The van der Waals surface area contributed by atoms with Crippen LogP contribution in [-0.4, -0.2) is 17.5 Å². The molecule has 4 nitrogen and oxygen atoms in total. The van der Waals surface area contributed by atoms with Gasteiger partial charge in [0, 0.05) is 24.4 Å². The summed E-state index contributed by atoms with van der Waals surface area (Å²) in [5, 5.41) is 3.21. The van der Waals surface area contributed by atoms with Crippen LogP contribution in [0.5, 0.6) is 5.75 Å². The molecule has 0 spiro atoms. The molecular formula is C21H19ClN2O2. The van der Waals surface area contributed by atoms with Crippen molar-refractivity contribution in [1.82, 2.24) is 4.98 Å². The fraction of sp³-hybridized carbons (Fsp3) is 0.143. The SMILES string of the molecule is O=C(Cc1cccnc1Cl)Nc1cccc(OCCc2ccccc2)c1. The van der Waals surface area contributed by atoms with E-state index < -0.39 is 0 Å². The molecule has 0 radical (unpaired) electrons. The van der Waals surface area contributed by atoms with Crippen LogP contribution < -0.4 is 10.1 Å². The number of hydrogen-bond acceptors (Lipinski definition) is 3. The van der Waals surface area contributed by atoms with Crippen molar-refractivity contribution in [2.75, 3.05) is 11.9 Å². The number of ether oxygens (including phenoxy) is 1. The van der Waals surface area contributed by atoms with Crippen molar-refractivity contribution >= 4 is 23.2 Å². The number of aromatic nitrogens is 1. The molecule has 0 unspecified atom stereocenters. The zero-order chi connectivity index (χ0) is 18.2. The summed E-state index contributed by atoms with van der Waals surface area (Å²) in [5.74, 6) is 0.569. The number of amides is 1. The standard InChI is InChI=1S/C21H19ClN2O2/c22-21-17(8-5-12-23-21)14-20(25)24-18-9-4-10-19(15-18)26-13-11-16-6-2-1-3-7-16/h1-10,12,15H,11,13-14H2,(H,24,25). The van der Waals surface area contributed by atoms with Crippen LogP contribution in [-0.2, 0) is 17.6 Å². The lowest BCUT2D eigenvalue weighted by Crippen LogP contribution is -2.15. The highest BCUT2D eigenvalue weighted by Gasteiger charge is 2.08. The smallest absolute Gasteiger partial charge is 0.228 e. The van der Waals surface area contributed by atoms with Gasteiger partial charge in [0.25, 0.3) is 0 Å². The van der Waals surface area contributed by atoms with Gasteiger partial charge < -0.3 is 10.1 Å². The summed E-state index contributed by atoms with van der Waals surface area (Å²) in [4.78, 5) is 16.2. The number of rotatable bonds is 7. The second-order valence-corrected chi connectivity index (χ2v) is 6.15. The Morgan fingerprint density at radius 3 is 2.69 bits per heavy atom. The van der Waals surface area contributed by atoms with Crippen molar-refractivity contribution in [3.63, 3.8) is 0 Å². The Kier molecular flexibility index (Phi) is 6.23. The van der Waals surface area contributed by atoms with Crippen LogP contribution in [0, 0.1) is 0 Å². The van der Waals surface area contributed by atoms with Crippen molar-refractivity contribution in [3.05, 3.63) is 89.2 Å². The molecule has 0 saturated heterocycles. The average molecular weight is 367 g/mol. The van der Waals surface area contributed by atoms with Gasteiger partial charge in [-0.05, 0) is 29.3 Å². The number of nitrogens with one attached hydrogen (secondary N) is 1. The Labute approximate surface area is 157 Å². The zero-order valence-electron chi connectivity index (χ0n) is 14.2. The van der Waals surface area contributed by atoms with E-state index in [4.69, 9.17) is 16.3 Å². The largest absolute Gasteiger partial charge is 0.493 e. The molecule has 26 heavy (non-hydrogen) atoms. The lowest BCUT2D eigenvalue weighted by atomic mass is 10.2. The molecule has 0 aliphatic heterocycles. The highest BCUT2D eigenvalue weighted by Crippen LogP contribution is 2.19. The van der Waals surface area contributed by atoms with E-state index in [1.54, 1.807) is 18.3 Å². The lowest BCUT2D eigenvalue weighted by Gasteiger charge is -2.10. The van der Waals surface area contributed by atoms with E-state index in [9.17, 15) is 4.79 Å². The molecule has 132 valence electrons. The third-order valence-electron chi connectivity index (χ3n) is 3.81. The summed E-state index contributed by atoms with van der Waals surface area (Å²) in [5.41, 5.74) is 2.61. The molecule has 1 amide bonds. The molecular weight excluding hydrogens is 348 g/mol. The van der Waals surface area contributed by atoms with E-state index in [2.05, 4.69) is 22.4 Å².